The van der Waals surface area contributed by atoms with E-state index in [1.807, 2.05) is 20.8 Å². The molecule has 1 fully saturated rings. The van der Waals surface area contributed by atoms with E-state index in [0.717, 1.165) is 12.8 Å². The van der Waals surface area contributed by atoms with Crippen molar-refractivity contribution in [3.05, 3.63) is 47.0 Å². The van der Waals surface area contributed by atoms with Gasteiger partial charge in [0.1, 0.15) is 27.0 Å². The molecular weight excluding hydrogens is 448 g/mol. The van der Waals surface area contributed by atoms with Gasteiger partial charge in [-0.3, -0.25) is 9.36 Å². The van der Waals surface area contributed by atoms with Crippen LogP contribution in [0.4, 0.5) is 8.78 Å². The second-order valence-electron chi connectivity index (χ2n) is 9.45. The van der Waals surface area contributed by atoms with Crippen molar-refractivity contribution in [3.8, 4) is 5.69 Å². The third kappa shape index (κ3) is 6.19. The second kappa shape index (κ2) is 10.3. The maximum absolute atomic E-state index is 14.8. The van der Waals surface area contributed by atoms with Gasteiger partial charge in [0.05, 0.1) is 5.25 Å². The number of nitrogens with zero attached hydrogens (tertiary/aromatic N) is 2. The molecular formula is C24H33F2N3O3S. The molecule has 0 bridgehead atoms. The maximum atomic E-state index is 14.8. The van der Waals surface area contributed by atoms with Crippen LogP contribution in [0.1, 0.15) is 68.3 Å². The molecule has 9 heteroatoms. The maximum Gasteiger partial charge on any atom is 0.271 e. The molecule has 0 unspecified atom stereocenters. The number of aryl methyl sites for hydroxylation is 1. The van der Waals surface area contributed by atoms with Crippen molar-refractivity contribution in [2.45, 2.75) is 64.5 Å². The van der Waals surface area contributed by atoms with Crippen molar-refractivity contribution >= 4 is 15.7 Å². The monoisotopic (exact) mass is 481 g/mol. The van der Waals surface area contributed by atoms with Gasteiger partial charge in [0.15, 0.2) is 11.6 Å². The van der Waals surface area contributed by atoms with Crippen LogP contribution in [-0.4, -0.2) is 41.9 Å². The largest absolute Gasteiger partial charge is 0.350 e. The fourth-order valence-corrected chi connectivity index (χ4v) is 5.63. The van der Waals surface area contributed by atoms with Crippen molar-refractivity contribution in [1.82, 2.24) is 14.9 Å². The summed E-state index contributed by atoms with van der Waals surface area (Å²) >= 11 is 0. The average Bonchev–Trinajstić information content (AvgIpc) is 3.14. The summed E-state index contributed by atoms with van der Waals surface area (Å²) < 4.78 is 54.4. The predicted octanol–water partition coefficient (Wildman–Crippen LogP) is 4.24. The molecule has 6 nitrogen and oxygen atoms in total. The van der Waals surface area contributed by atoms with Gasteiger partial charge in [-0.15, -0.1) is 0 Å². The molecule has 1 saturated carbocycles. The molecule has 0 aliphatic heterocycles. The highest BCUT2D eigenvalue weighted by Gasteiger charge is 2.28. The van der Waals surface area contributed by atoms with Gasteiger partial charge < -0.3 is 5.32 Å². The third-order valence-corrected chi connectivity index (χ3v) is 7.92. The number of amides is 1. The van der Waals surface area contributed by atoms with E-state index in [-0.39, 0.29) is 28.5 Å². The first-order valence-corrected chi connectivity index (χ1v) is 13.5. The highest BCUT2D eigenvalue weighted by molar-refractivity contribution is 7.91. The quantitative estimate of drug-likeness (QED) is 0.611. The number of hydrogen-bond donors (Lipinski definition) is 1. The lowest BCUT2D eigenvalue weighted by atomic mass is 9.89. The molecule has 33 heavy (non-hydrogen) atoms. The number of halogens is 2. The van der Waals surface area contributed by atoms with E-state index in [1.165, 1.54) is 29.2 Å². The van der Waals surface area contributed by atoms with Crippen LogP contribution in [0.25, 0.3) is 5.69 Å². The van der Waals surface area contributed by atoms with Crippen LogP contribution < -0.4 is 5.32 Å². The van der Waals surface area contributed by atoms with E-state index < -0.39 is 27.4 Å². The van der Waals surface area contributed by atoms with Crippen LogP contribution in [0, 0.1) is 23.5 Å². The first-order chi connectivity index (χ1) is 15.5. The molecule has 1 aromatic carbocycles. The molecule has 1 heterocycles. The Kier molecular flexibility index (Phi) is 7.92. The Morgan fingerprint density at radius 3 is 2.30 bits per heavy atom. The lowest BCUT2D eigenvalue weighted by molar-refractivity contribution is 0.0939. The Morgan fingerprint density at radius 1 is 1.18 bits per heavy atom. The minimum Gasteiger partial charge on any atom is -0.350 e. The second-order valence-corrected chi connectivity index (χ2v) is 11.8. The number of benzene rings is 1. The summed E-state index contributed by atoms with van der Waals surface area (Å²) in [4.78, 5) is 17.0. The first-order valence-electron chi connectivity index (χ1n) is 11.5. The first kappa shape index (κ1) is 25.3. The number of sulfone groups is 1. The zero-order valence-corrected chi connectivity index (χ0v) is 20.5. The lowest BCUT2D eigenvalue weighted by Crippen LogP contribution is -2.34. The summed E-state index contributed by atoms with van der Waals surface area (Å²) in [7, 11) is -3.03. The van der Waals surface area contributed by atoms with Gasteiger partial charge in [-0.1, -0.05) is 20.8 Å². The third-order valence-electron chi connectivity index (χ3n) is 6.24. The average molecular weight is 482 g/mol. The number of imidazole rings is 1. The molecule has 0 saturated heterocycles. The fourth-order valence-electron chi connectivity index (χ4n) is 4.50. The Hall–Kier alpha value is -2.29. The van der Waals surface area contributed by atoms with Crippen molar-refractivity contribution in [1.29, 1.82) is 0 Å². The number of carbonyl (C=O) groups excluding carboxylic acids is 1. The molecule has 1 aliphatic rings. The van der Waals surface area contributed by atoms with Gasteiger partial charge in [-0.2, -0.15) is 0 Å². The fraction of sp³-hybridized carbons (Fsp3) is 0.583. The molecule has 1 amide bonds. The number of rotatable bonds is 8. The van der Waals surface area contributed by atoms with Gasteiger partial charge >= 0.3 is 0 Å². The van der Waals surface area contributed by atoms with Gasteiger partial charge in [0, 0.05) is 25.4 Å². The van der Waals surface area contributed by atoms with E-state index in [2.05, 4.69) is 10.3 Å². The Morgan fingerprint density at radius 2 is 1.79 bits per heavy atom. The summed E-state index contributed by atoms with van der Waals surface area (Å²) in [5.41, 5.74) is 0.456. The predicted molar refractivity (Wildman–Crippen MR) is 124 cm³/mol. The molecule has 0 spiro atoms. The van der Waals surface area contributed by atoms with Crippen LogP contribution in [-0.2, 0) is 22.7 Å². The van der Waals surface area contributed by atoms with Crippen molar-refractivity contribution in [2.75, 3.05) is 12.8 Å². The van der Waals surface area contributed by atoms with Crippen LogP contribution in [0.3, 0.4) is 0 Å². The van der Waals surface area contributed by atoms with Crippen LogP contribution in [0.15, 0.2) is 18.3 Å². The lowest BCUT2D eigenvalue weighted by Gasteiger charge is -2.27. The van der Waals surface area contributed by atoms with Crippen LogP contribution in [0.2, 0.25) is 0 Å². The van der Waals surface area contributed by atoms with Crippen molar-refractivity contribution in [2.24, 2.45) is 11.8 Å². The smallest absolute Gasteiger partial charge is 0.271 e. The number of nitrogens with one attached hydrogen (secondary N) is 1. The number of carbonyl (C=O) groups is 1. The van der Waals surface area contributed by atoms with E-state index in [4.69, 9.17) is 0 Å². The number of hydrogen-bond acceptors (Lipinski definition) is 4. The Bertz CT molecular complexity index is 1080. The Balaban J connectivity index is 1.72. The molecule has 1 aliphatic carbocycles. The number of aromatic nitrogens is 2. The topological polar surface area (TPSA) is 81.1 Å². The zero-order chi connectivity index (χ0) is 24.3. The van der Waals surface area contributed by atoms with E-state index >= 15 is 0 Å². The molecule has 0 radical (unpaired) electrons. The normalized spacial score (nSPS) is 19.1. The molecule has 1 N–H and O–H groups in total. The molecule has 3 rings (SSSR count). The standard InChI is InChI=1S/C24H33F2N3O3S/c1-5-22-28-21(24(30)27-13-16-6-8-18(9-7-16)33(4,31)32)14-29(22)23-19(25)11-17(10-15(2)3)12-20(23)26/h11-12,14-16,18H,5-10,13H2,1-4H3,(H,27,30)/t16-,18+. The minimum absolute atomic E-state index is 0.0988. The highest BCUT2D eigenvalue weighted by atomic mass is 32.2. The highest BCUT2D eigenvalue weighted by Crippen LogP contribution is 2.28. The van der Waals surface area contributed by atoms with Gasteiger partial charge in [0.2, 0.25) is 0 Å². The van der Waals surface area contributed by atoms with E-state index in [1.54, 1.807) is 0 Å². The molecule has 1 aromatic heterocycles. The van der Waals surface area contributed by atoms with Gasteiger partial charge in [-0.25, -0.2) is 22.2 Å². The Labute approximate surface area is 194 Å². The molecule has 182 valence electrons. The van der Waals surface area contributed by atoms with Crippen molar-refractivity contribution < 1.29 is 22.0 Å². The summed E-state index contributed by atoms with van der Waals surface area (Å²) in [5.74, 6) is -0.928. The SMILES string of the molecule is CCc1nc(C(=O)NC[C@H]2CC[C@@H](S(C)(=O)=O)CC2)cn1-c1c(F)cc(CC(C)C)cc1F. The zero-order valence-electron chi connectivity index (χ0n) is 19.7. The summed E-state index contributed by atoms with van der Waals surface area (Å²) in [5, 5.41) is 2.54. The summed E-state index contributed by atoms with van der Waals surface area (Å²) in [6.45, 7) is 6.19. The molecule has 0 atom stereocenters. The van der Waals surface area contributed by atoms with Crippen molar-refractivity contribution in [3.63, 3.8) is 0 Å². The summed E-state index contributed by atoms with van der Waals surface area (Å²) in [6.07, 6.45) is 6.26. The van der Waals surface area contributed by atoms with Crippen LogP contribution in [0.5, 0.6) is 0 Å². The van der Waals surface area contributed by atoms with Gasteiger partial charge in [-0.05, 0) is 61.6 Å². The summed E-state index contributed by atoms with van der Waals surface area (Å²) in [6, 6.07) is 2.68. The minimum atomic E-state index is -3.03. The van der Waals surface area contributed by atoms with E-state index in [9.17, 15) is 22.0 Å². The van der Waals surface area contributed by atoms with Crippen LogP contribution >= 0.6 is 0 Å². The van der Waals surface area contributed by atoms with Gasteiger partial charge in [0.25, 0.3) is 5.91 Å². The molecule has 2 aromatic rings. The van der Waals surface area contributed by atoms with E-state index in [0.29, 0.717) is 43.6 Å².